The minimum absolute atomic E-state index is 0. The third-order valence-electron chi connectivity index (χ3n) is 3.90. The Morgan fingerprint density at radius 2 is 2.00 bits per heavy atom. The Labute approximate surface area is 173 Å². The van der Waals surface area contributed by atoms with Gasteiger partial charge in [0.1, 0.15) is 12.4 Å². The standard InChI is InChI=1S/C20H29N3O2.HI/c1-17(11-12-18-8-4-3-5-9-18)23-20(21-2)22-13-7-14-24-16-19-10-6-15-25-19;/h3-6,8-10,15,17H,7,11-14,16H2,1-2H3,(H2,21,22,23);1H. The SMILES string of the molecule is CN=C(NCCCOCc1ccco1)NC(C)CCc1ccccc1.I. The molecule has 0 amide bonds. The van der Waals surface area contributed by atoms with E-state index in [9.17, 15) is 0 Å². The van der Waals surface area contributed by atoms with Crippen molar-refractivity contribution < 1.29 is 9.15 Å². The van der Waals surface area contributed by atoms with Gasteiger partial charge in [0.15, 0.2) is 5.96 Å². The average molecular weight is 471 g/mol. The van der Waals surface area contributed by atoms with Crippen molar-refractivity contribution in [3.8, 4) is 0 Å². The number of nitrogens with one attached hydrogen (secondary N) is 2. The van der Waals surface area contributed by atoms with E-state index >= 15 is 0 Å². The molecule has 0 radical (unpaired) electrons. The van der Waals surface area contributed by atoms with Gasteiger partial charge in [0.25, 0.3) is 0 Å². The summed E-state index contributed by atoms with van der Waals surface area (Å²) < 4.78 is 10.8. The van der Waals surface area contributed by atoms with Gasteiger partial charge in [-0.2, -0.15) is 0 Å². The fourth-order valence-corrected chi connectivity index (χ4v) is 2.48. The quantitative estimate of drug-likeness (QED) is 0.238. The van der Waals surface area contributed by atoms with Crippen LogP contribution in [0.1, 0.15) is 31.1 Å². The molecule has 1 aromatic carbocycles. The van der Waals surface area contributed by atoms with Crippen LogP contribution >= 0.6 is 24.0 Å². The van der Waals surface area contributed by atoms with Crippen LogP contribution in [0, 0.1) is 0 Å². The first-order chi connectivity index (χ1) is 12.3. The van der Waals surface area contributed by atoms with Gasteiger partial charge in [0.2, 0.25) is 0 Å². The van der Waals surface area contributed by atoms with Crippen molar-refractivity contribution in [2.75, 3.05) is 20.2 Å². The van der Waals surface area contributed by atoms with Crippen LogP contribution in [0.2, 0.25) is 0 Å². The number of benzene rings is 1. The molecule has 0 aliphatic carbocycles. The van der Waals surface area contributed by atoms with Crippen LogP contribution in [0.4, 0.5) is 0 Å². The smallest absolute Gasteiger partial charge is 0.191 e. The predicted molar refractivity (Wildman–Crippen MR) is 117 cm³/mol. The van der Waals surface area contributed by atoms with Gasteiger partial charge in [-0.15, -0.1) is 24.0 Å². The molecule has 2 aromatic rings. The number of rotatable bonds is 10. The van der Waals surface area contributed by atoms with Crippen LogP contribution in [-0.4, -0.2) is 32.2 Å². The maximum atomic E-state index is 5.57. The number of aryl methyl sites for hydroxylation is 1. The molecule has 2 rings (SSSR count). The van der Waals surface area contributed by atoms with Gasteiger partial charge in [-0.1, -0.05) is 30.3 Å². The summed E-state index contributed by atoms with van der Waals surface area (Å²) in [6.07, 6.45) is 4.71. The van der Waals surface area contributed by atoms with Crippen molar-refractivity contribution >= 4 is 29.9 Å². The molecule has 0 fully saturated rings. The number of furan rings is 1. The molecular weight excluding hydrogens is 441 g/mol. The number of aliphatic imine (C=N–C) groups is 1. The van der Waals surface area contributed by atoms with Gasteiger partial charge in [0.05, 0.1) is 6.26 Å². The summed E-state index contributed by atoms with van der Waals surface area (Å²) in [5, 5.41) is 6.76. The van der Waals surface area contributed by atoms with Gasteiger partial charge >= 0.3 is 0 Å². The first-order valence-electron chi connectivity index (χ1n) is 8.89. The number of hydrogen-bond donors (Lipinski definition) is 2. The molecule has 26 heavy (non-hydrogen) atoms. The fourth-order valence-electron chi connectivity index (χ4n) is 2.48. The Balaban J connectivity index is 0.00000338. The highest BCUT2D eigenvalue weighted by Gasteiger charge is 2.05. The predicted octanol–water partition coefficient (Wildman–Crippen LogP) is 3.99. The average Bonchev–Trinajstić information content (AvgIpc) is 3.16. The molecule has 1 aromatic heterocycles. The van der Waals surface area contributed by atoms with E-state index in [4.69, 9.17) is 9.15 Å². The van der Waals surface area contributed by atoms with Crippen LogP contribution in [0.15, 0.2) is 58.1 Å². The van der Waals surface area contributed by atoms with E-state index in [1.54, 1.807) is 13.3 Å². The largest absolute Gasteiger partial charge is 0.467 e. The topological polar surface area (TPSA) is 58.8 Å². The van der Waals surface area contributed by atoms with Crippen molar-refractivity contribution in [2.24, 2.45) is 4.99 Å². The Kier molecular flexibility index (Phi) is 11.8. The third kappa shape index (κ3) is 9.24. The Morgan fingerprint density at radius 1 is 1.19 bits per heavy atom. The molecule has 6 heteroatoms. The van der Waals surface area contributed by atoms with E-state index < -0.39 is 0 Å². The van der Waals surface area contributed by atoms with Crippen molar-refractivity contribution in [1.29, 1.82) is 0 Å². The maximum Gasteiger partial charge on any atom is 0.191 e. The Morgan fingerprint density at radius 3 is 2.69 bits per heavy atom. The van der Waals surface area contributed by atoms with Gasteiger partial charge in [0, 0.05) is 26.2 Å². The van der Waals surface area contributed by atoms with Gasteiger partial charge in [-0.05, 0) is 43.9 Å². The Hall–Kier alpha value is -1.54. The molecule has 1 atom stereocenters. The number of hydrogen-bond acceptors (Lipinski definition) is 3. The zero-order chi connectivity index (χ0) is 17.7. The van der Waals surface area contributed by atoms with E-state index in [-0.39, 0.29) is 24.0 Å². The summed E-state index contributed by atoms with van der Waals surface area (Å²) in [5.41, 5.74) is 1.37. The second kappa shape index (κ2) is 13.6. The van der Waals surface area contributed by atoms with Gasteiger partial charge < -0.3 is 19.8 Å². The molecule has 0 aliphatic rings. The lowest BCUT2D eigenvalue weighted by Gasteiger charge is -2.18. The molecular formula is C20H30IN3O2. The molecule has 0 saturated carbocycles. The van der Waals surface area contributed by atoms with E-state index in [0.717, 1.165) is 37.5 Å². The number of ether oxygens (including phenoxy) is 1. The minimum atomic E-state index is 0. The first-order valence-corrected chi connectivity index (χ1v) is 8.89. The third-order valence-corrected chi connectivity index (χ3v) is 3.90. The van der Waals surface area contributed by atoms with E-state index in [1.165, 1.54) is 5.56 Å². The van der Waals surface area contributed by atoms with Crippen molar-refractivity contribution in [3.05, 3.63) is 60.1 Å². The Bertz CT molecular complexity index is 603. The number of guanidine groups is 1. The lowest BCUT2D eigenvalue weighted by Crippen LogP contribution is -2.42. The molecule has 0 saturated heterocycles. The highest BCUT2D eigenvalue weighted by atomic mass is 127. The number of halogens is 1. The van der Waals surface area contributed by atoms with Crippen molar-refractivity contribution in [1.82, 2.24) is 10.6 Å². The lowest BCUT2D eigenvalue weighted by molar-refractivity contribution is 0.105. The van der Waals surface area contributed by atoms with Crippen LogP contribution in [0.5, 0.6) is 0 Å². The summed E-state index contributed by atoms with van der Waals surface area (Å²) in [5.74, 6) is 1.70. The normalized spacial score (nSPS) is 12.3. The molecule has 144 valence electrons. The summed E-state index contributed by atoms with van der Waals surface area (Å²) in [7, 11) is 1.80. The molecule has 0 aliphatic heterocycles. The minimum Gasteiger partial charge on any atom is -0.467 e. The molecule has 1 unspecified atom stereocenters. The van der Waals surface area contributed by atoms with Gasteiger partial charge in [-0.3, -0.25) is 4.99 Å². The molecule has 2 N–H and O–H groups in total. The zero-order valence-corrected chi connectivity index (χ0v) is 17.9. The number of nitrogens with zero attached hydrogens (tertiary/aromatic N) is 1. The van der Waals surface area contributed by atoms with E-state index in [0.29, 0.717) is 19.3 Å². The summed E-state index contributed by atoms with van der Waals surface area (Å²) in [6.45, 7) is 4.22. The van der Waals surface area contributed by atoms with Crippen LogP contribution in [0.25, 0.3) is 0 Å². The molecule has 1 heterocycles. The van der Waals surface area contributed by atoms with E-state index in [1.807, 2.05) is 12.1 Å². The molecule has 0 bridgehead atoms. The maximum absolute atomic E-state index is 5.57. The van der Waals surface area contributed by atoms with E-state index in [2.05, 4.69) is 52.9 Å². The second-order valence-electron chi connectivity index (χ2n) is 6.05. The van der Waals surface area contributed by atoms with Crippen molar-refractivity contribution in [3.63, 3.8) is 0 Å². The summed E-state index contributed by atoms with van der Waals surface area (Å²) in [6, 6.07) is 14.7. The highest BCUT2D eigenvalue weighted by Crippen LogP contribution is 2.05. The highest BCUT2D eigenvalue weighted by molar-refractivity contribution is 14.0. The lowest BCUT2D eigenvalue weighted by atomic mass is 10.1. The fraction of sp³-hybridized carbons (Fsp3) is 0.450. The summed E-state index contributed by atoms with van der Waals surface area (Å²) >= 11 is 0. The molecule has 0 spiro atoms. The van der Waals surface area contributed by atoms with Gasteiger partial charge in [-0.25, -0.2) is 0 Å². The van der Waals surface area contributed by atoms with Crippen molar-refractivity contribution in [2.45, 2.75) is 38.8 Å². The van der Waals surface area contributed by atoms with Crippen LogP contribution < -0.4 is 10.6 Å². The zero-order valence-electron chi connectivity index (χ0n) is 15.6. The summed E-state index contributed by atoms with van der Waals surface area (Å²) in [4.78, 5) is 4.28. The molecule has 5 nitrogen and oxygen atoms in total. The van der Waals surface area contributed by atoms with Crippen LogP contribution in [0.3, 0.4) is 0 Å². The first kappa shape index (κ1) is 22.5. The van der Waals surface area contributed by atoms with Crippen LogP contribution in [-0.2, 0) is 17.8 Å². The second-order valence-corrected chi connectivity index (χ2v) is 6.05. The monoisotopic (exact) mass is 471 g/mol.